The molecule has 1 fully saturated rings. The number of carbonyl (C=O) groups excluding carboxylic acids is 1. The number of halogens is 1. The highest BCUT2D eigenvalue weighted by molar-refractivity contribution is 5.95. The molecule has 2 aliphatic rings. The molecule has 0 radical (unpaired) electrons. The molecular weight excluding hydrogens is 407 g/mol. The molecule has 2 N–H and O–H groups in total. The van der Waals surface area contributed by atoms with Crippen molar-refractivity contribution in [1.29, 1.82) is 0 Å². The summed E-state index contributed by atoms with van der Waals surface area (Å²) in [5.41, 5.74) is 2.10. The lowest BCUT2D eigenvalue weighted by molar-refractivity contribution is -0.121. The zero-order valence-electron chi connectivity index (χ0n) is 18.9. The molecule has 2 aliphatic heterocycles. The summed E-state index contributed by atoms with van der Waals surface area (Å²) in [4.78, 5) is 16.5. The van der Waals surface area contributed by atoms with Gasteiger partial charge in [-0.3, -0.25) is 4.79 Å². The Morgan fingerprint density at radius 1 is 1.12 bits per heavy atom. The Labute approximate surface area is 189 Å². The fourth-order valence-electron chi connectivity index (χ4n) is 4.93. The smallest absolute Gasteiger partial charge is 0.229 e. The Kier molecular flexibility index (Phi) is 6.65. The van der Waals surface area contributed by atoms with Gasteiger partial charge in [0.15, 0.2) is 0 Å². The maximum atomic E-state index is 14.2. The normalized spacial score (nSPS) is 19.6. The predicted octanol–water partition coefficient (Wildman–Crippen LogP) is 3.78. The monoisotopic (exact) mass is 440 g/mol. The van der Waals surface area contributed by atoms with Crippen molar-refractivity contribution in [2.75, 3.05) is 31.1 Å². The molecule has 2 aromatic carbocycles. The number of piperidine rings is 1. The molecule has 2 aromatic rings. The second-order valence-electron chi connectivity index (χ2n) is 9.46. The summed E-state index contributed by atoms with van der Waals surface area (Å²) in [7, 11) is 0. The van der Waals surface area contributed by atoms with Crippen LogP contribution in [0.3, 0.4) is 0 Å². The lowest BCUT2D eigenvalue weighted by Gasteiger charge is -2.39. The quantitative estimate of drug-likeness (QED) is 0.743. The van der Waals surface area contributed by atoms with Gasteiger partial charge in [0, 0.05) is 43.3 Å². The number of aliphatic hydroxyl groups excluding tert-OH is 1. The lowest BCUT2D eigenvalue weighted by atomic mass is 9.84. The average Bonchev–Trinajstić information content (AvgIpc) is 2.79. The van der Waals surface area contributed by atoms with Crippen molar-refractivity contribution in [2.45, 2.75) is 51.2 Å². The first kappa shape index (κ1) is 22.9. The van der Waals surface area contributed by atoms with Gasteiger partial charge in [0.1, 0.15) is 5.82 Å². The van der Waals surface area contributed by atoms with Crippen molar-refractivity contribution < 1.29 is 19.4 Å². The van der Waals surface area contributed by atoms with Crippen LogP contribution in [0.1, 0.15) is 55.9 Å². The van der Waals surface area contributed by atoms with Gasteiger partial charge >= 0.3 is 0 Å². The van der Waals surface area contributed by atoms with Gasteiger partial charge < -0.3 is 20.0 Å². The Balaban J connectivity index is 1.40. The molecule has 1 saturated heterocycles. The molecule has 0 aliphatic carbocycles. The first-order valence-electron chi connectivity index (χ1n) is 11.6. The average molecular weight is 441 g/mol. The molecule has 1 amide bonds. The third-order valence-corrected chi connectivity index (χ3v) is 6.86. The number of aryl methyl sites for hydroxylation is 1. The highest BCUT2D eigenvalue weighted by atomic mass is 19.1. The van der Waals surface area contributed by atoms with E-state index in [9.17, 15) is 19.4 Å². The Morgan fingerprint density at radius 3 is 2.53 bits per heavy atom. The maximum absolute atomic E-state index is 14.2. The minimum atomic E-state index is -1.16. The summed E-state index contributed by atoms with van der Waals surface area (Å²) in [6.07, 6.45) is 2.02. The number of nitrogens with zero attached hydrogens (tertiary/aromatic N) is 2. The van der Waals surface area contributed by atoms with Gasteiger partial charge in [0.05, 0.1) is 11.7 Å². The van der Waals surface area contributed by atoms with Gasteiger partial charge in [-0.1, -0.05) is 44.2 Å². The van der Waals surface area contributed by atoms with Crippen molar-refractivity contribution in [3.05, 3.63) is 65.0 Å². The van der Waals surface area contributed by atoms with Crippen molar-refractivity contribution in [2.24, 2.45) is 5.92 Å². The van der Waals surface area contributed by atoms with Crippen LogP contribution in [0.15, 0.2) is 42.5 Å². The topological polar surface area (TPSA) is 64.0 Å². The number of β-amino-alcohol motifs (C(OH)–C–C–N with tert-alkyl or cyclic N) is 1. The summed E-state index contributed by atoms with van der Waals surface area (Å²) >= 11 is 0. The Morgan fingerprint density at radius 2 is 1.84 bits per heavy atom. The molecule has 0 bridgehead atoms. The van der Waals surface area contributed by atoms with E-state index in [1.807, 2.05) is 36.9 Å². The van der Waals surface area contributed by atoms with E-state index in [0.717, 1.165) is 36.2 Å². The maximum Gasteiger partial charge on any atom is 0.229 e. The number of carbonyl (C=O) groups is 1. The molecule has 4 rings (SSSR count). The number of fused-ring (bicyclic) bond motifs is 1. The van der Waals surface area contributed by atoms with Gasteiger partial charge in [-0.25, -0.2) is 4.39 Å². The molecule has 1 unspecified atom stereocenters. The van der Waals surface area contributed by atoms with Crippen LogP contribution in [0, 0.1) is 11.7 Å². The molecule has 32 heavy (non-hydrogen) atoms. The zero-order chi connectivity index (χ0) is 22.9. The predicted molar refractivity (Wildman–Crippen MR) is 123 cm³/mol. The second-order valence-corrected chi connectivity index (χ2v) is 9.46. The molecule has 6 heteroatoms. The summed E-state index contributed by atoms with van der Waals surface area (Å²) in [5, 5.41) is 21.9. The number of anilines is 1. The first-order valence-corrected chi connectivity index (χ1v) is 11.6. The van der Waals surface area contributed by atoms with Gasteiger partial charge in [-0.2, -0.15) is 0 Å². The minimum Gasteiger partial charge on any atom is -0.387 e. The van der Waals surface area contributed by atoms with E-state index >= 15 is 0 Å². The van der Waals surface area contributed by atoms with E-state index in [1.165, 1.54) is 6.07 Å². The van der Waals surface area contributed by atoms with E-state index in [4.69, 9.17) is 0 Å². The molecule has 0 aromatic heterocycles. The third-order valence-electron chi connectivity index (χ3n) is 6.86. The van der Waals surface area contributed by atoms with E-state index in [0.29, 0.717) is 38.0 Å². The standard InChI is InChI=1S/C26H33FN2O3/c1-18(2)25(31)29-13-5-6-19-16-20(9-10-23(19)29)24(30)17-28-14-11-26(32,12-15-28)21-7-3-4-8-22(21)27/h3-4,7-10,16,18,24,30,32H,5-6,11-15,17H2,1-2H3. The Bertz CT molecular complexity index is 969. The number of benzene rings is 2. The fraction of sp³-hybridized carbons (Fsp3) is 0.500. The third kappa shape index (κ3) is 4.58. The Hall–Kier alpha value is -2.28. The van der Waals surface area contributed by atoms with Crippen LogP contribution in [0.4, 0.5) is 10.1 Å². The van der Waals surface area contributed by atoms with E-state index in [1.54, 1.807) is 18.2 Å². The molecule has 172 valence electrons. The number of amides is 1. The second kappa shape index (κ2) is 9.30. The molecule has 1 atom stereocenters. The lowest BCUT2D eigenvalue weighted by Crippen LogP contribution is -2.44. The van der Waals surface area contributed by atoms with Gasteiger partial charge in [-0.05, 0) is 48.9 Å². The van der Waals surface area contributed by atoms with E-state index in [-0.39, 0.29) is 17.6 Å². The summed E-state index contributed by atoms with van der Waals surface area (Å²) in [5.74, 6) is -0.286. The minimum absolute atomic E-state index is 0.0478. The van der Waals surface area contributed by atoms with Crippen molar-refractivity contribution >= 4 is 11.6 Å². The van der Waals surface area contributed by atoms with Crippen LogP contribution in [0.2, 0.25) is 0 Å². The van der Waals surface area contributed by atoms with Crippen LogP contribution in [0.5, 0.6) is 0 Å². The van der Waals surface area contributed by atoms with Crippen LogP contribution in [-0.2, 0) is 16.8 Å². The van der Waals surface area contributed by atoms with Crippen molar-refractivity contribution in [3.8, 4) is 0 Å². The highest BCUT2D eigenvalue weighted by Gasteiger charge is 2.36. The van der Waals surface area contributed by atoms with Crippen LogP contribution in [0.25, 0.3) is 0 Å². The van der Waals surface area contributed by atoms with Crippen LogP contribution in [-0.4, -0.2) is 47.2 Å². The van der Waals surface area contributed by atoms with Gasteiger partial charge in [0.25, 0.3) is 0 Å². The van der Waals surface area contributed by atoms with Crippen molar-refractivity contribution in [1.82, 2.24) is 4.90 Å². The van der Waals surface area contributed by atoms with E-state index < -0.39 is 11.7 Å². The van der Waals surface area contributed by atoms with Crippen molar-refractivity contribution in [3.63, 3.8) is 0 Å². The van der Waals surface area contributed by atoms with Crippen LogP contribution < -0.4 is 4.90 Å². The SMILES string of the molecule is CC(C)C(=O)N1CCCc2cc(C(O)CN3CCC(O)(c4ccccc4F)CC3)ccc21. The fourth-order valence-corrected chi connectivity index (χ4v) is 4.93. The first-order chi connectivity index (χ1) is 15.3. The van der Waals surface area contributed by atoms with Gasteiger partial charge in [0.2, 0.25) is 5.91 Å². The van der Waals surface area contributed by atoms with Crippen LogP contribution >= 0.6 is 0 Å². The van der Waals surface area contributed by atoms with E-state index in [2.05, 4.69) is 4.90 Å². The zero-order valence-corrected chi connectivity index (χ0v) is 18.9. The molecule has 0 saturated carbocycles. The summed E-state index contributed by atoms with van der Waals surface area (Å²) in [6.45, 7) is 6.21. The number of hydrogen-bond acceptors (Lipinski definition) is 4. The molecule has 5 nitrogen and oxygen atoms in total. The largest absolute Gasteiger partial charge is 0.387 e. The molecular formula is C26H33FN2O3. The number of rotatable bonds is 5. The number of aliphatic hydroxyl groups is 2. The molecule has 2 heterocycles. The molecule has 0 spiro atoms. The highest BCUT2D eigenvalue weighted by Crippen LogP contribution is 2.35. The number of hydrogen-bond donors (Lipinski definition) is 2. The van der Waals surface area contributed by atoms with Gasteiger partial charge in [-0.15, -0.1) is 0 Å². The summed E-state index contributed by atoms with van der Waals surface area (Å²) < 4.78 is 14.2. The summed E-state index contributed by atoms with van der Waals surface area (Å²) in [6, 6.07) is 12.3. The number of likely N-dealkylation sites (tertiary alicyclic amines) is 1.